The van der Waals surface area contributed by atoms with E-state index in [2.05, 4.69) is 38.1 Å². The summed E-state index contributed by atoms with van der Waals surface area (Å²) in [5, 5.41) is 22.0. The Labute approximate surface area is 307 Å². The Balaban J connectivity index is 0.000000180. The van der Waals surface area contributed by atoms with E-state index in [1.165, 1.54) is 17.4 Å². The van der Waals surface area contributed by atoms with Crippen molar-refractivity contribution >= 4 is 22.7 Å². The molecule has 0 saturated heterocycles. The van der Waals surface area contributed by atoms with Crippen LogP contribution >= 0.6 is 0 Å². The summed E-state index contributed by atoms with van der Waals surface area (Å²) in [6.07, 6.45) is 8.36. The first kappa shape index (κ1) is 40.4. The second-order valence-electron chi connectivity index (χ2n) is 17.6. The summed E-state index contributed by atoms with van der Waals surface area (Å²) < 4.78 is 11.8. The largest absolute Gasteiger partial charge is 0.508 e. The molecule has 3 aromatic rings. The number of ether oxygens (including phenoxy) is 2. The highest BCUT2D eigenvalue weighted by atomic mass is 16.6. The Morgan fingerprint density at radius 3 is 1.86 bits per heavy atom. The van der Waals surface area contributed by atoms with Gasteiger partial charge < -0.3 is 19.7 Å². The lowest BCUT2D eigenvalue weighted by Crippen LogP contribution is -2.61. The van der Waals surface area contributed by atoms with Crippen molar-refractivity contribution in [3.63, 3.8) is 0 Å². The topological polar surface area (TPSA) is 93.1 Å². The molecule has 51 heavy (non-hydrogen) atoms. The van der Waals surface area contributed by atoms with E-state index in [-0.39, 0.29) is 17.5 Å². The van der Waals surface area contributed by atoms with Gasteiger partial charge in [0.25, 0.3) is 0 Å². The van der Waals surface area contributed by atoms with Crippen LogP contribution in [0.3, 0.4) is 0 Å². The van der Waals surface area contributed by atoms with E-state index in [1.54, 1.807) is 12.1 Å². The minimum absolute atomic E-state index is 0.0828. The first-order chi connectivity index (χ1) is 23.8. The van der Waals surface area contributed by atoms with Crippen molar-refractivity contribution in [2.24, 2.45) is 22.7 Å². The van der Waals surface area contributed by atoms with Crippen molar-refractivity contribution in [2.75, 3.05) is 0 Å². The third-order valence-electron chi connectivity index (χ3n) is 12.0. The van der Waals surface area contributed by atoms with Crippen molar-refractivity contribution in [3.05, 3.63) is 77.9 Å². The monoisotopic (exact) mass is 700 g/mol. The molecular formula is C45H64O6. The second kappa shape index (κ2) is 15.7. The number of carbonyl (C=O) groups is 2. The number of phenols is 1. The highest BCUT2D eigenvalue weighted by molar-refractivity contribution is 5.83. The number of carbonyl (C=O) groups excluding carboxylic acids is 2. The zero-order chi connectivity index (χ0) is 37.8. The molecule has 7 rings (SSSR count). The average Bonchev–Trinajstić information content (AvgIpc) is 3.07. The molecule has 6 nitrogen and oxygen atoms in total. The maximum absolute atomic E-state index is 12.4. The maximum Gasteiger partial charge on any atom is 0.312 e. The number of rotatable bonds is 9. The number of benzene rings is 3. The van der Waals surface area contributed by atoms with Crippen LogP contribution in [0.25, 0.3) is 10.8 Å². The van der Waals surface area contributed by atoms with Gasteiger partial charge in [0.1, 0.15) is 17.0 Å². The minimum Gasteiger partial charge on any atom is -0.508 e. The molecule has 4 bridgehead atoms. The lowest BCUT2D eigenvalue weighted by atomic mass is 9.52. The highest BCUT2D eigenvalue weighted by Gasteiger charge is 2.59. The van der Waals surface area contributed by atoms with Crippen LogP contribution in [-0.4, -0.2) is 33.4 Å². The van der Waals surface area contributed by atoms with E-state index in [4.69, 9.17) is 14.6 Å². The van der Waals surface area contributed by atoms with E-state index < -0.39 is 22.0 Å². The Morgan fingerprint density at radius 1 is 0.784 bits per heavy atom. The molecule has 0 amide bonds. The molecule has 280 valence electrons. The zero-order valence-corrected chi connectivity index (χ0v) is 33.0. The van der Waals surface area contributed by atoms with Crippen molar-refractivity contribution < 1.29 is 29.3 Å². The first-order valence-corrected chi connectivity index (χ1v) is 19.2. The van der Waals surface area contributed by atoms with Crippen LogP contribution in [0.4, 0.5) is 0 Å². The van der Waals surface area contributed by atoms with E-state index in [0.29, 0.717) is 29.9 Å². The predicted octanol–water partition coefficient (Wildman–Crippen LogP) is 11.0. The van der Waals surface area contributed by atoms with Gasteiger partial charge in [-0.1, -0.05) is 76.2 Å². The Hall–Kier alpha value is -3.38. The van der Waals surface area contributed by atoms with E-state index >= 15 is 0 Å². The van der Waals surface area contributed by atoms with Crippen molar-refractivity contribution in [1.82, 2.24) is 0 Å². The fraction of sp³-hybridized carbons (Fsp3) is 0.600. The van der Waals surface area contributed by atoms with Crippen LogP contribution < -0.4 is 0 Å². The fourth-order valence-corrected chi connectivity index (χ4v) is 7.91. The van der Waals surface area contributed by atoms with Gasteiger partial charge in [0.2, 0.25) is 0 Å². The molecule has 0 heterocycles. The quantitative estimate of drug-likeness (QED) is 0.216. The standard InChI is InChI=1S/C19H24O2.C16H26O3.C10H14O/c1-6-18(2,3)17(20)21-19(4,5)16-12-11-14-9-7-8-10-15(14)13-16;1-4-14(2,3)13(17)19-16-8-11-5-12(9-16)7-15(18,6-11)10-16;1-3-8(2)9-4-6-10(11)7-5-9/h7-13H,6H2,1-5H3;11-12,18H,4-10H2,1-3H3;4-8,11H,3H2,1-2H3. The second-order valence-corrected chi connectivity index (χ2v) is 17.6. The molecule has 0 aromatic heterocycles. The fourth-order valence-electron chi connectivity index (χ4n) is 7.91. The maximum atomic E-state index is 12.4. The van der Waals surface area contributed by atoms with Gasteiger partial charge in [0.15, 0.2) is 0 Å². The van der Waals surface area contributed by atoms with Crippen LogP contribution in [0.15, 0.2) is 66.7 Å². The molecule has 4 saturated carbocycles. The smallest absolute Gasteiger partial charge is 0.312 e. The predicted molar refractivity (Wildman–Crippen MR) is 206 cm³/mol. The summed E-state index contributed by atoms with van der Waals surface area (Å²) in [5.74, 6) is 1.82. The number of esters is 2. The summed E-state index contributed by atoms with van der Waals surface area (Å²) in [6, 6.07) is 21.8. The zero-order valence-electron chi connectivity index (χ0n) is 33.0. The van der Waals surface area contributed by atoms with Gasteiger partial charge in [0.05, 0.1) is 16.4 Å². The molecule has 4 aliphatic carbocycles. The van der Waals surface area contributed by atoms with Gasteiger partial charge in [-0.05, 0) is 151 Å². The van der Waals surface area contributed by atoms with Crippen LogP contribution in [0, 0.1) is 22.7 Å². The number of phenolic OH excluding ortho intramolecular Hbond substituents is 1. The third-order valence-corrected chi connectivity index (χ3v) is 12.0. The first-order valence-electron chi connectivity index (χ1n) is 19.2. The molecule has 0 aliphatic heterocycles. The van der Waals surface area contributed by atoms with Gasteiger partial charge in [-0.25, -0.2) is 0 Å². The molecular weight excluding hydrogens is 636 g/mol. The Bertz CT molecular complexity index is 1620. The number of hydrogen-bond acceptors (Lipinski definition) is 6. The lowest BCUT2D eigenvalue weighted by Gasteiger charge is -2.59. The molecule has 2 N–H and O–H groups in total. The Morgan fingerprint density at radius 2 is 1.33 bits per heavy atom. The van der Waals surface area contributed by atoms with Gasteiger partial charge in [0, 0.05) is 6.42 Å². The molecule has 4 fully saturated rings. The minimum atomic E-state index is -0.631. The number of aromatic hydroxyl groups is 1. The summed E-state index contributed by atoms with van der Waals surface area (Å²) in [5.41, 5.74) is -0.0942. The van der Waals surface area contributed by atoms with Crippen molar-refractivity contribution in [2.45, 2.75) is 150 Å². The van der Waals surface area contributed by atoms with Crippen LogP contribution in [0.5, 0.6) is 5.75 Å². The molecule has 6 heteroatoms. The van der Waals surface area contributed by atoms with E-state index in [0.717, 1.165) is 55.9 Å². The number of hydrogen-bond donors (Lipinski definition) is 2. The van der Waals surface area contributed by atoms with Crippen LogP contribution in [-0.2, 0) is 24.7 Å². The van der Waals surface area contributed by atoms with Gasteiger partial charge in [-0.15, -0.1) is 0 Å². The van der Waals surface area contributed by atoms with Gasteiger partial charge in [-0.3, -0.25) is 9.59 Å². The summed E-state index contributed by atoms with van der Waals surface area (Å²) in [6.45, 7) is 20.0. The highest BCUT2D eigenvalue weighted by Crippen LogP contribution is 2.59. The van der Waals surface area contributed by atoms with Crippen molar-refractivity contribution in [1.29, 1.82) is 0 Å². The van der Waals surface area contributed by atoms with Crippen molar-refractivity contribution in [3.8, 4) is 5.75 Å². The molecule has 4 aliphatic rings. The SMILES string of the molecule is CCC(C)(C)C(=O)OC(C)(C)c1ccc2ccccc2c1.CCC(C)(C)C(=O)OC12CC3CC(CC(O)(C3)C1)C2.CCC(C)c1ccc(O)cc1. The molecule has 3 aromatic carbocycles. The van der Waals surface area contributed by atoms with Crippen LogP contribution in [0.1, 0.15) is 144 Å². The Kier molecular flexibility index (Phi) is 12.4. The molecule has 3 unspecified atom stereocenters. The molecule has 0 spiro atoms. The number of fused-ring (bicyclic) bond motifs is 1. The van der Waals surface area contributed by atoms with Crippen LogP contribution in [0.2, 0.25) is 0 Å². The molecule has 3 atom stereocenters. The third kappa shape index (κ3) is 9.94. The van der Waals surface area contributed by atoms with Gasteiger partial charge in [-0.2, -0.15) is 0 Å². The number of aliphatic hydroxyl groups is 1. The normalized spacial score (nSPS) is 24.5. The van der Waals surface area contributed by atoms with Gasteiger partial charge >= 0.3 is 11.9 Å². The van der Waals surface area contributed by atoms with E-state index in [1.807, 2.05) is 85.7 Å². The summed E-state index contributed by atoms with van der Waals surface area (Å²) in [4.78, 5) is 24.7. The van der Waals surface area contributed by atoms with E-state index in [9.17, 15) is 14.7 Å². The summed E-state index contributed by atoms with van der Waals surface area (Å²) in [7, 11) is 0. The summed E-state index contributed by atoms with van der Waals surface area (Å²) >= 11 is 0. The average molecular weight is 701 g/mol. The lowest BCUT2D eigenvalue weighted by molar-refractivity contribution is -0.225. The molecule has 0 radical (unpaired) electrons.